The van der Waals surface area contributed by atoms with Crippen LogP contribution in [-0.2, 0) is 0 Å². The molecule has 0 radical (unpaired) electrons. The quantitative estimate of drug-likeness (QED) is 0.160. The van der Waals surface area contributed by atoms with Crippen LogP contribution in [0.25, 0.3) is 95.3 Å². The monoisotopic (exact) mass is 753 g/mol. The van der Waals surface area contributed by atoms with Crippen LogP contribution >= 0.6 is 0 Å². The number of benzene rings is 7. The maximum absolute atomic E-state index is 10.1. The molecule has 7 nitrogen and oxygen atoms in total. The highest BCUT2D eigenvalue weighted by molar-refractivity contribution is 6.10. The molecule has 0 amide bonds. The van der Waals surface area contributed by atoms with Crippen LogP contribution in [0.1, 0.15) is 11.1 Å². The van der Waals surface area contributed by atoms with Gasteiger partial charge in [0.05, 0.1) is 62.8 Å². The summed E-state index contributed by atoms with van der Waals surface area (Å²) in [5, 5.41) is 22.0. The highest BCUT2D eigenvalue weighted by Gasteiger charge is 2.22. The van der Waals surface area contributed by atoms with Crippen LogP contribution in [0.15, 0.2) is 188 Å². The lowest BCUT2D eigenvalue weighted by Gasteiger charge is -2.17. The van der Waals surface area contributed by atoms with Gasteiger partial charge in [-0.25, -0.2) is 19.9 Å². The van der Waals surface area contributed by atoms with E-state index in [1.54, 1.807) is 0 Å². The highest BCUT2D eigenvalue weighted by atomic mass is 15.0. The van der Waals surface area contributed by atoms with Crippen LogP contribution in [0.2, 0.25) is 0 Å². The summed E-state index contributed by atoms with van der Waals surface area (Å²) in [6.45, 7) is 0. The Morgan fingerprint density at radius 3 is 1.14 bits per heavy atom. The molecular weight excluding hydrogens is 723 g/mol. The minimum Gasteiger partial charge on any atom is -0.308 e. The number of fused-ring (bicyclic) bond motifs is 3. The average molecular weight is 754 g/mol. The van der Waals surface area contributed by atoms with Gasteiger partial charge in [0.2, 0.25) is 0 Å². The summed E-state index contributed by atoms with van der Waals surface area (Å²) in [6, 6.07) is 66.7. The highest BCUT2D eigenvalue weighted by Crippen LogP contribution is 2.39. The number of hydrogen-bond acceptors (Lipinski definition) is 6. The first-order chi connectivity index (χ1) is 29.1. The predicted octanol–water partition coefficient (Wildman–Crippen LogP) is 12.1. The Morgan fingerprint density at radius 2 is 0.746 bits per heavy atom. The Kier molecular flexibility index (Phi) is 8.80. The second-order valence-electron chi connectivity index (χ2n) is 14.1. The lowest BCUT2D eigenvalue weighted by Crippen LogP contribution is -2.03. The molecule has 10 rings (SSSR count). The Balaban J connectivity index is 1.30. The van der Waals surface area contributed by atoms with Crippen LogP contribution < -0.4 is 0 Å². The molecule has 0 aliphatic heterocycles. The van der Waals surface area contributed by atoms with Gasteiger partial charge in [0.15, 0.2) is 11.6 Å². The first-order valence-electron chi connectivity index (χ1n) is 19.2. The van der Waals surface area contributed by atoms with Gasteiger partial charge in [-0.1, -0.05) is 133 Å². The van der Waals surface area contributed by atoms with Gasteiger partial charge in [-0.3, -0.25) is 0 Å². The number of nitrogens with zero attached hydrogens (tertiary/aromatic N) is 7. The molecule has 0 bridgehead atoms. The summed E-state index contributed by atoms with van der Waals surface area (Å²) in [7, 11) is 0. The zero-order chi connectivity index (χ0) is 39.7. The van der Waals surface area contributed by atoms with Crippen LogP contribution in [0.3, 0.4) is 0 Å². The minimum atomic E-state index is 0.493. The van der Waals surface area contributed by atoms with Crippen molar-refractivity contribution in [3.63, 3.8) is 0 Å². The molecule has 0 unspecified atom stereocenters. The van der Waals surface area contributed by atoms with E-state index in [0.29, 0.717) is 22.8 Å². The second kappa shape index (κ2) is 14.9. The topological polar surface area (TPSA) is 104 Å². The molecule has 274 valence electrons. The number of rotatable bonds is 7. The summed E-state index contributed by atoms with van der Waals surface area (Å²) < 4.78 is 2.11. The van der Waals surface area contributed by atoms with E-state index in [2.05, 4.69) is 47.0 Å². The van der Waals surface area contributed by atoms with Gasteiger partial charge in [0.25, 0.3) is 0 Å². The first-order valence-corrected chi connectivity index (χ1v) is 19.2. The standard InChI is InChI=1S/C52H31N7/c53-32-34-21-24-41-42-25-22-35(33-54)28-50(42)59(49(41)27-34)48-26-23-40(51-55-44(36-13-5-1-6-14-36)30-45(56-51)37-15-7-2-8-16-37)29-43(48)52-57-46(38-17-9-3-10-18-38)31-47(58-52)39-19-11-4-12-20-39/h1-31H. The molecule has 7 heteroatoms. The van der Waals surface area contributed by atoms with E-state index in [0.717, 1.165) is 83.6 Å². The summed E-state index contributed by atoms with van der Waals surface area (Å²) in [4.78, 5) is 20.9. The van der Waals surface area contributed by atoms with E-state index >= 15 is 0 Å². The van der Waals surface area contributed by atoms with Crippen molar-refractivity contribution in [2.45, 2.75) is 0 Å². The molecule has 0 saturated carbocycles. The fourth-order valence-corrected chi connectivity index (χ4v) is 7.64. The normalized spacial score (nSPS) is 11.0. The van der Waals surface area contributed by atoms with Crippen LogP contribution in [0.5, 0.6) is 0 Å². The number of nitriles is 2. The molecule has 0 N–H and O–H groups in total. The summed E-state index contributed by atoms with van der Waals surface area (Å²) in [5.41, 5.74) is 11.9. The van der Waals surface area contributed by atoms with Crippen molar-refractivity contribution >= 4 is 21.8 Å². The Bertz CT molecular complexity index is 3090. The SMILES string of the molecule is N#Cc1ccc2c3ccc(C#N)cc3n(-c3ccc(-c4nc(-c5ccccc5)cc(-c5ccccc5)n4)cc3-c3nc(-c4ccccc4)cc(-c4ccccc4)n3)c2c1. The molecule has 0 spiro atoms. The molecule has 3 aromatic heterocycles. The zero-order valence-electron chi connectivity index (χ0n) is 31.5. The Labute approximate surface area is 340 Å². The molecule has 3 heterocycles. The van der Waals surface area contributed by atoms with E-state index in [1.807, 2.05) is 158 Å². The molecule has 7 aromatic carbocycles. The largest absolute Gasteiger partial charge is 0.308 e. The molecule has 0 aliphatic carbocycles. The van der Waals surface area contributed by atoms with Gasteiger partial charge in [0.1, 0.15) is 0 Å². The fourth-order valence-electron chi connectivity index (χ4n) is 7.64. The van der Waals surface area contributed by atoms with Gasteiger partial charge in [-0.2, -0.15) is 10.5 Å². The van der Waals surface area contributed by atoms with E-state index in [9.17, 15) is 10.5 Å². The molecule has 0 fully saturated rings. The van der Waals surface area contributed by atoms with E-state index in [1.165, 1.54) is 0 Å². The van der Waals surface area contributed by atoms with Crippen LogP contribution in [0.4, 0.5) is 0 Å². The van der Waals surface area contributed by atoms with Crippen molar-refractivity contribution in [2.75, 3.05) is 0 Å². The summed E-state index contributed by atoms with van der Waals surface area (Å²) in [6.07, 6.45) is 0. The third-order valence-electron chi connectivity index (χ3n) is 10.5. The third kappa shape index (κ3) is 6.55. The molecule has 10 aromatic rings. The fraction of sp³-hybridized carbons (Fsp3) is 0. The van der Waals surface area contributed by atoms with Crippen molar-refractivity contribution in [2.24, 2.45) is 0 Å². The van der Waals surface area contributed by atoms with Crippen LogP contribution in [0, 0.1) is 22.7 Å². The maximum atomic E-state index is 10.1. The molecule has 0 atom stereocenters. The van der Waals surface area contributed by atoms with Gasteiger partial charge in [-0.15, -0.1) is 0 Å². The average Bonchev–Trinajstić information content (AvgIpc) is 3.64. The van der Waals surface area contributed by atoms with E-state index in [-0.39, 0.29) is 0 Å². The van der Waals surface area contributed by atoms with Gasteiger partial charge < -0.3 is 4.57 Å². The molecule has 0 saturated heterocycles. The van der Waals surface area contributed by atoms with Crippen molar-refractivity contribution < 1.29 is 0 Å². The second-order valence-corrected chi connectivity index (χ2v) is 14.1. The van der Waals surface area contributed by atoms with Gasteiger partial charge >= 0.3 is 0 Å². The van der Waals surface area contributed by atoms with Crippen LogP contribution in [-0.4, -0.2) is 24.5 Å². The van der Waals surface area contributed by atoms with Crippen molar-refractivity contribution in [1.82, 2.24) is 24.5 Å². The lowest BCUT2D eigenvalue weighted by atomic mass is 10.0. The molecule has 0 aliphatic rings. The third-order valence-corrected chi connectivity index (χ3v) is 10.5. The van der Waals surface area contributed by atoms with Gasteiger partial charge in [0, 0.05) is 44.2 Å². The van der Waals surface area contributed by atoms with Gasteiger partial charge in [-0.05, 0) is 54.6 Å². The molecular formula is C52H31N7. The van der Waals surface area contributed by atoms with Crippen molar-refractivity contribution in [3.05, 3.63) is 199 Å². The maximum Gasteiger partial charge on any atom is 0.162 e. The van der Waals surface area contributed by atoms with E-state index in [4.69, 9.17) is 19.9 Å². The zero-order valence-corrected chi connectivity index (χ0v) is 31.5. The van der Waals surface area contributed by atoms with Crippen molar-refractivity contribution in [1.29, 1.82) is 10.5 Å². The Hall–Kier alpha value is -8.52. The van der Waals surface area contributed by atoms with E-state index < -0.39 is 0 Å². The summed E-state index contributed by atoms with van der Waals surface area (Å²) >= 11 is 0. The predicted molar refractivity (Wildman–Crippen MR) is 234 cm³/mol. The lowest BCUT2D eigenvalue weighted by molar-refractivity contribution is 1.13. The smallest absolute Gasteiger partial charge is 0.162 e. The number of hydrogen-bond donors (Lipinski definition) is 0. The number of aromatic nitrogens is 5. The van der Waals surface area contributed by atoms with Crippen molar-refractivity contribution in [3.8, 4) is 85.6 Å². The first kappa shape index (κ1) is 34.9. The molecule has 59 heavy (non-hydrogen) atoms. The minimum absolute atomic E-state index is 0.493. The summed E-state index contributed by atoms with van der Waals surface area (Å²) in [5.74, 6) is 1.04. The Morgan fingerprint density at radius 1 is 0.356 bits per heavy atom.